The van der Waals surface area contributed by atoms with Gasteiger partial charge < -0.3 is 10.2 Å². The smallest absolute Gasteiger partial charge is 0.317 e. The Balaban J connectivity index is 0.00000161. The van der Waals surface area contributed by atoms with Gasteiger partial charge in [0.15, 0.2) is 0 Å². The highest BCUT2D eigenvalue weighted by Crippen LogP contribution is 2.31. The van der Waals surface area contributed by atoms with Crippen LogP contribution in [-0.4, -0.2) is 42.0 Å². The molecule has 1 spiro atoms. The number of halogens is 1. The summed E-state index contributed by atoms with van der Waals surface area (Å²) in [6, 6.07) is 9.81. The molecular formula is C15H20ClN3O2. The molecule has 6 heteroatoms. The molecule has 2 heterocycles. The second-order valence-electron chi connectivity index (χ2n) is 5.43. The fourth-order valence-electron chi connectivity index (χ4n) is 3.14. The first kappa shape index (κ1) is 15.8. The van der Waals surface area contributed by atoms with E-state index in [1.807, 2.05) is 30.3 Å². The van der Waals surface area contributed by atoms with Crippen LogP contribution in [0.3, 0.4) is 0 Å². The second kappa shape index (κ2) is 6.45. The number of hydrogen-bond donors (Lipinski definition) is 2. The van der Waals surface area contributed by atoms with Crippen molar-refractivity contribution < 1.29 is 9.59 Å². The Labute approximate surface area is 130 Å². The molecular weight excluding hydrogens is 290 g/mol. The summed E-state index contributed by atoms with van der Waals surface area (Å²) in [7, 11) is 0. The Bertz CT molecular complexity index is 515. The monoisotopic (exact) mass is 309 g/mol. The Hall–Kier alpha value is -1.59. The fraction of sp³-hybridized carbons (Fsp3) is 0.467. The Morgan fingerprint density at radius 2 is 1.76 bits per heavy atom. The zero-order chi connectivity index (χ0) is 14.0. The van der Waals surface area contributed by atoms with E-state index in [2.05, 4.69) is 10.6 Å². The topological polar surface area (TPSA) is 61.4 Å². The van der Waals surface area contributed by atoms with Crippen molar-refractivity contribution in [2.45, 2.75) is 24.8 Å². The molecule has 0 bridgehead atoms. The van der Waals surface area contributed by atoms with E-state index in [4.69, 9.17) is 0 Å². The molecule has 0 aromatic heterocycles. The van der Waals surface area contributed by atoms with Gasteiger partial charge >= 0.3 is 6.03 Å². The molecule has 0 saturated carbocycles. The average Bonchev–Trinajstić information content (AvgIpc) is 2.70. The van der Waals surface area contributed by atoms with Crippen molar-refractivity contribution in [1.82, 2.24) is 15.5 Å². The van der Waals surface area contributed by atoms with E-state index in [-0.39, 0.29) is 24.3 Å². The van der Waals surface area contributed by atoms with Crippen LogP contribution in [0.25, 0.3) is 0 Å². The number of benzene rings is 1. The van der Waals surface area contributed by atoms with Crippen LogP contribution in [0.4, 0.5) is 4.79 Å². The zero-order valence-corrected chi connectivity index (χ0v) is 12.6. The summed E-state index contributed by atoms with van der Waals surface area (Å²) in [4.78, 5) is 26.0. The third-order valence-electron chi connectivity index (χ3n) is 4.30. The summed E-state index contributed by atoms with van der Waals surface area (Å²) in [6.07, 6.45) is 2.16. The van der Waals surface area contributed by atoms with Crippen LogP contribution >= 0.6 is 12.4 Å². The van der Waals surface area contributed by atoms with Crippen LogP contribution in [0.1, 0.15) is 18.4 Å². The third-order valence-corrected chi connectivity index (χ3v) is 4.30. The molecule has 3 amide bonds. The lowest BCUT2D eigenvalue weighted by Crippen LogP contribution is -2.56. The van der Waals surface area contributed by atoms with Crippen LogP contribution in [0.15, 0.2) is 30.3 Å². The maximum Gasteiger partial charge on any atom is 0.325 e. The normalized spacial score (nSPS) is 20.3. The van der Waals surface area contributed by atoms with E-state index in [1.54, 1.807) is 4.90 Å². The number of rotatable bonds is 3. The molecule has 2 saturated heterocycles. The number of carbonyl (C=O) groups is 2. The summed E-state index contributed by atoms with van der Waals surface area (Å²) in [5.41, 5.74) is 0.556. The molecule has 3 rings (SSSR count). The van der Waals surface area contributed by atoms with Gasteiger partial charge in [-0.25, -0.2) is 4.79 Å². The quantitative estimate of drug-likeness (QED) is 0.828. The zero-order valence-electron chi connectivity index (χ0n) is 11.8. The number of carbonyl (C=O) groups excluding carboxylic acids is 2. The number of piperidine rings is 1. The summed E-state index contributed by atoms with van der Waals surface area (Å²) < 4.78 is 0. The van der Waals surface area contributed by atoms with Crippen LogP contribution in [0.5, 0.6) is 0 Å². The largest absolute Gasteiger partial charge is 0.325 e. The molecule has 2 N–H and O–H groups in total. The van der Waals surface area contributed by atoms with Gasteiger partial charge in [0.1, 0.15) is 5.54 Å². The first-order valence-corrected chi connectivity index (χ1v) is 7.10. The highest BCUT2D eigenvalue weighted by atomic mass is 35.5. The van der Waals surface area contributed by atoms with Crippen molar-refractivity contribution in [2.75, 3.05) is 19.6 Å². The van der Waals surface area contributed by atoms with Crippen molar-refractivity contribution >= 4 is 24.3 Å². The van der Waals surface area contributed by atoms with Gasteiger partial charge in [0.25, 0.3) is 5.91 Å². The molecule has 0 aliphatic carbocycles. The van der Waals surface area contributed by atoms with E-state index in [0.717, 1.165) is 19.5 Å². The first-order chi connectivity index (χ1) is 9.72. The van der Waals surface area contributed by atoms with Gasteiger partial charge in [0.2, 0.25) is 0 Å². The molecule has 0 radical (unpaired) electrons. The number of hydrogen-bond acceptors (Lipinski definition) is 3. The van der Waals surface area contributed by atoms with Gasteiger partial charge in [0.05, 0.1) is 0 Å². The minimum Gasteiger partial charge on any atom is -0.317 e. The minimum atomic E-state index is -0.628. The van der Waals surface area contributed by atoms with Crippen molar-refractivity contribution in [2.24, 2.45) is 0 Å². The maximum absolute atomic E-state index is 12.2. The van der Waals surface area contributed by atoms with Crippen LogP contribution in [0, 0.1) is 0 Å². The van der Waals surface area contributed by atoms with Gasteiger partial charge in [-0.2, -0.15) is 0 Å². The van der Waals surface area contributed by atoms with Crippen molar-refractivity contribution in [3.63, 3.8) is 0 Å². The van der Waals surface area contributed by atoms with Crippen molar-refractivity contribution in [3.05, 3.63) is 35.9 Å². The lowest BCUT2D eigenvalue weighted by molar-refractivity contribution is -0.127. The summed E-state index contributed by atoms with van der Waals surface area (Å²) in [6.45, 7) is 2.15. The lowest BCUT2D eigenvalue weighted by atomic mass is 9.86. The van der Waals surface area contributed by atoms with Crippen LogP contribution in [-0.2, 0) is 11.2 Å². The molecule has 2 aliphatic heterocycles. The average molecular weight is 310 g/mol. The first-order valence-electron chi connectivity index (χ1n) is 7.10. The summed E-state index contributed by atoms with van der Waals surface area (Å²) in [5, 5.41) is 5.73. The van der Waals surface area contributed by atoms with E-state index < -0.39 is 5.54 Å². The van der Waals surface area contributed by atoms with E-state index >= 15 is 0 Å². The van der Waals surface area contributed by atoms with Crippen molar-refractivity contribution in [1.29, 1.82) is 0 Å². The van der Waals surface area contributed by atoms with Crippen LogP contribution in [0.2, 0.25) is 0 Å². The number of amides is 3. The Morgan fingerprint density at radius 3 is 2.43 bits per heavy atom. The fourth-order valence-corrected chi connectivity index (χ4v) is 3.14. The highest BCUT2D eigenvalue weighted by molar-refractivity contribution is 6.07. The SMILES string of the molecule is Cl.O=C1NC(=O)C2(CCNCC2)N1CCc1ccccc1. The molecule has 5 nitrogen and oxygen atoms in total. The van der Waals surface area contributed by atoms with E-state index in [1.165, 1.54) is 5.56 Å². The Kier molecular flexibility index (Phi) is 4.85. The predicted molar refractivity (Wildman–Crippen MR) is 82.5 cm³/mol. The maximum atomic E-state index is 12.2. The Morgan fingerprint density at radius 1 is 1.10 bits per heavy atom. The number of nitrogens with zero attached hydrogens (tertiary/aromatic N) is 1. The summed E-state index contributed by atoms with van der Waals surface area (Å²) in [5.74, 6) is -0.128. The molecule has 1 aromatic rings. The molecule has 2 aliphatic rings. The number of imide groups is 1. The van der Waals surface area contributed by atoms with Gasteiger partial charge in [-0.3, -0.25) is 10.1 Å². The highest BCUT2D eigenvalue weighted by Gasteiger charge is 2.52. The summed E-state index contributed by atoms with van der Waals surface area (Å²) >= 11 is 0. The minimum absolute atomic E-state index is 0. The molecule has 2 fully saturated rings. The van der Waals surface area contributed by atoms with Crippen molar-refractivity contribution in [3.8, 4) is 0 Å². The lowest BCUT2D eigenvalue weighted by Gasteiger charge is -2.38. The van der Waals surface area contributed by atoms with Gasteiger partial charge in [0, 0.05) is 6.54 Å². The second-order valence-corrected chi connectivity index (χ2v) is 5.43. The predicted octanol–water partition coefficient (Wildman–Crippen LogP) is 1.32. The third kappa shape index (κ3) is 2.89. The molecule has 114 valence electrons. The standard InChI is InChI=1S/C15H19N3O2.ClH/c19-13-15(7-9-16-10-8-15)18(14(20)17-13)11-6-12-4-2-1-3-5-12;/h1-5,16H,6-11H2,(H,17,19,20);1H. The molecule has 1 aromatic carbocycles. The van der Waals surface area contributed by atoms with E-state index in [9.17, 15) is 9.59 Å². The molecule has 0 unspecified atom stereocenters. The molecule has 21 heavy (non-hydrogen) atoms. The molecule has 0 atom stereocenters. The van der Waals surface area contributed by atoms with Gasteiger partial charge in [-0.1, -0.05) is 30.3 Å². The van der Waals surface area contributed by atoms with E-state index in [0.29, 0.717) is 19.4 Å². The number of nitrogens with one attached hydrogen (secondary N) is 2. The van der Waals surface area contributed by atoms with Crippen LogP contribution < -0.4 is 10.6 Å². The van der Waals surface area contributed by atoms with Gasteiger partial charge in [-0.05, 0) is 37.9 Å². The van der Waals surface area contributed by atoms with Gasteiger partial charge in [-0.15, -0.1) is 12.4 Å². The number of urea groups is 1.